The van der Waals surface area contributed by atoms with E-state index in [-0.39, 0.29) is 12.5 Å². The van der Waals surface area contributed by atoms with Gasteiger partial charge in [0.2, 0.25) is 0 Å². The van der Waals surface area contributed by atoms with Crippen molar-refractivity contribution in [2.24, 2.45) is 5.10 Å². The van der Waals surface area contributed by atoms with Gasteiger partial charge < -0.3 is 14.2 Å². The van der Waals surface area contributed by atoms with E-state index in [1.165, 1.54) is 6.21 Å². The van der Waals surface area contributed by atoms with Crippen molar-refractivity contribution in [3.63, 3.8) is 0 Å². The number of hydrazone groups is 1. The number of fused-ring (bicyclic) bond motifs is 1. The topological polar surface area (TPSA) is 69.2 Å². The fourth-order valence-electron chi connectivity index (χ4n) is 2.39. The Kier molecular flexibility index (Phi) is 5.96. The summed E-state index contributed by atoms with van der Waals surface area (Å²) in [5.41, 5.74) is 4.17. The van der Waals surface area contributed by atoms with Crippen LogP contribution >= 0.6 is 11.6 Å². The number of benzene rings is 2. The molecule has 0 aromatic heterocycles. The predicted molar refractivity (Wildman–Crippen MR) is 99.5 cm³/mol. The Bertz CT molecular complexity index is 823. The first-order valence-electron chi connectivity index (χ1n) is 8.22. The van der Waals surface area contributed by atoms with Gasteiger partial charge in [0.25, 0.3) is 5.91 Å². The Morgan fingerprint density at radius 3 is 3.00 bits per heavy atom. The van der Waals surface area contributed by atoms with Crippen LogP contribution in [0.15, 0.2) is 41.5 Å². The lowest BCUT2D eigenvalue weighted by Gasteiger charge is -2.09. The Balaban J connectivity index is 1.55. The van der Waals surface area contributed by atoms with Crippen LogP contribution in [0.1, 0.15) is 17.5 Å². The molecule has 0 atom stereocenters. The molecule has 1 amide bonds. The molecule has 0 unspecified atom stereocenters. The van der Waals surface area contributed by atoms with Gasteiger partial charge in [-0.3, -0.25) is 4.79 Å². The second-order valence-electron chi connectivity index (χ2n) is 5.78. The van der Waals surface area contributed by atoms with Gasteiger partial charge in [0.1, 0.15) is 5.75 Å². The number of amides is 1. The second kappa shape index (κ2) is 8.58. The Morgan fingerprint density at radius 1 is 1.31 bits per heavy atom. The molecule has 0 aliphatic carbocycles. The monoisotopic (exact) mass is 374 g/mol. The number of rotatable bonds is 5. The van der Waals surface area contributed by atoms with Crippen molar-refractivity contribution >= 4 is 23.7 Å². The van der Waals surface area contributed by atoms with E-state index in [1.54, 1.807) is 18.2 Å². The molecule has 7 heteroatoms. The van der Waals surface area contributed by atoms with E-state index < -0.39 is 0 Å². The van der Waals surface area contributed by atoms with E-state index >= 15 is 0 Å². The summed E-state index contributed by atoms with van der Waals surface area (Å²) in [4.78, 5) is 11.8. The maximum absolute atomic E-state index is 11.8. The maximum atomic E-state index is 11.8. The minimum absolute atomic E-state index is 0.122. The van der Waals surface area contributed by atoms with Crippen molar-refractivity contribution < 1.29 is 19.0 Å². The molecule has 0 bridgehead atoms. The highest BCUT2D eigenvalue weighted by molar-refractivity contribution is 6.32. The van der Waals surface area contributed by atoms with Crippen LogP contribution in [0.2, 0.25) is 5.02 Å². The van der Waals surface area contributed by atoms with Crippen LogP contribution in [0.25, 0.3) is 0 Å². The minimum atomic E-state index is -0.358. The number of nitrogens with zero attached hydrogens (tertiary/aromatic N) is 1. The van der Waals surface area contributed by atoms with Crippen LogP contribution in [0.4, 0.5) is 0 Å². The summed E-state index contributed by atoms with van der Waals surface area (Å²) in [5, 5.41) is 4.37. The molecule has 26 heavy (non-hydrogen) atoms. The molecular weight excluding hydrogens is 356 g/mol. The quantitative estimate of drug-likeness (QED) is 0.643. The highest BCUT2D eigenvalue weighted by atomic mass is 35.5. The Hall–Kier alpha value is -2.73. The summed E-state index contributed by atoms with van der Waals surface area (Å²) in [5.74, 6) is 1.39. The molecule has 3 rings (SSSR count). The molecule has 136 valence electrons. The first-order chi connectivity index (χ1) is 12.6. The number of carbonyl (C=O) groups is 1. The van der Waals surface area contributed by atoms with Crippen LogP contribution in [-0.2, 0) is 4.79 Å². The van der Waals surface area contributed by atoms with Crippen molar-refractivity contribution in [1.82, 2.24) is 5.43 Å². The van der Waals surface area contributed by atoms with Crippen molar-refractivity contribution in [3.05, 3.63) is 52.5 Å². The van der Waals surface area contributed by atoms with Gasteiger partial charge in [0, 0.05) is 6.42 Å². The molecule has 1 heterocycles. The van der Waals surface area contributed by atoms with Gasteiger partial charge >= 0.3 is 0 Å². The third kappa shape index (κ3) is 4.89. The second-order valence-corrected chi connectivity index (χ2v) is 6.19. The van der Waals surface area contributed by atoms with Gasteiger partial charge in [-0.25, -0.2) is 5.43 Å². The highest BCUT2D eigenvalue weighted by Crippen LogP contribution is 2.37. The van der Waals surface area contributed by atoms with Crippen molar-refractivity contribution in [2.45, 2.75) is 13.3 Å². The number of nitrogens with one attached hydrogen (secondary N) is 1. The number of halogens is 1. The molecule has 0 saturated carbocycles. The average molecular weight is 375 g/mol. The third-order valence-corrected chi connectivity index (χ3v) is 3.87. The average Bonchev–Trinajstić information content (AvgIpc) is 2.86. The Morgan fingerprint density at radius 2 is 2.15 bits per heavy atom. The van der Waals surface area contributed by atoms with Gasteiger partial charge in [-0.1, -0.05) is 23.7 Å². The smallest absolute Gasteiger partial charge is 0.277 e. The molecule has 1 aliphatic rings. The first kappa shape index (κ1) is 18.1. The summed E-state index contributed by atoms with van der Waals surface area (Å²) in [7, 11) is 0. The zero-order chi connectivity index (χ0) is 18.4. The van der Waals surface area contributed by atoms with Gasteiger partial charge in [0.15, 0.2) is 18.1 Å². The van der Waals surface area contributed by atoms with E-state index in [0.29, 0.717) is 41.0 Å². The summed E-state index contributed by atoms with van der Waals surface area (Å²) in [6, 6.07) is 10.9. The molecule has 0 saturated heterocycles. The number of carbonyl (C=O) groups excluding carboxylic acids is 1. The lowest BCUT2D eigenvalue weighted by Crippen LogP contribution is -2.24. The molecule has 6 nitrogen and oxygen atoms in total. The van der Waals surface area contributed by atoms with Gasteiger partial charge in [-0.15, -0.1) is 0 Å². The molecule has 0 fully saturated rings. The van der Waals surface area contributed by atoms with Gasteiger partial charge in [-0.2, -0.15) is 5.10 Å². The van der Waals surface area contributed by atoms with Crippen molar-refractivity contribution in [1.29, 1.82) is 0 Å². The molecular formula is C19H19ClN2O4. The molecule has 0 radical (unpaired) electrons. The molecule has 1 aliphatic heterocycles. The normalized spacial score (nSPS) is 13.3. The van der Waals surface area contributed by atoms with Crippen LogP contribution in [0.3, 0.4) is 0 Å². The predicted octanol–water partition coefficient (Wildman–Crippen LogP) is 3.34. The minimum Gasteiger partial charge on any atom is -0.489 e. The van der Waals surface area contributed by atoms with Crippen LogP contribution < -0.4 is 19.6 Å². The third-order valence-electron chi connectivity index (χ3n) is 3.59. The molecule has 0 spiro atoms. The van der Waals surface area contributed by atoms with Gasteiger partial charge in [0.05, 0.1) is 24.5 Å². The van der Waals surface area contributed by atoms with Crippen LogP contribution in [-0.4, -0.2) is 31.9 Å². The van der Waals surface area contributed by atoms with Crippen molar-refractivity contribution in [2.75, 3.05) is 19.8 Å². The van der Waals surface area contributed by atoms with E-state index in [0.717, 1.165) is 12.0 Å². The van der Waals surface area contributed by atoms with E-state index in [4.69, 9.17) is 25.8 Å². The fourth-order valence-corrected chi connectivity index (χ4v) is 2.66. The van der Waals surface area contributed by atoms with Gasteiger partial charge in [-0.05, 0) is 42.3 Å². The number of ether oxygens (including phenoxy) is 3. The Labute approximate surface area is 156 Å². The van der Waals surface area contributed by atoms with E-state index in [1.807, 2.05) is 25.1 Å². The molecule has 2 aromatic rings. The number of hydrogen-bond acceptors (Lipinski definition) is 5. The number of hydrogen-bond donors (Lipinski definition) is 1. The first-order valence-corrected chi connectivity index (χ1v) is 8.60. The van der Waals surface area contributed by atoms with Crippen LogP contribution in [0.5, 0.6) is 17.2 Å². The summed E-state index contributed by atoms with van der Waals surface area (Å²) in [6.45, 7) is 2.97. The zero-order valence-electron chi connectivity index (χ0n) is 14.3. The zero-order valence-corrected chi connectivity index (χ0v) is 15.1. The largest absolute Gasteiger partial charge is 0.489 e. The lowest BCUT2D eigenvalue weighted by atomic mass is 10.2. The standard InChI is InChI=1S/C19H19ClN2O4/c1-13-4-2-5-15(8-13)26-12-18(23)22-21-11-14-9-16(20)19-17(10-14)24-6-3-7-25-19/h2,4-5,8-11H,3,6-7,12H2,1H3,(H,22,23)/b21-11-. The maximum Gasteiger partial charge on any atom is 0.277 e. The number of aryl methyl sites for hydroxylation is 1. The highest BCUT2D eigenvalue weighted by Gasteiger charge is 2.15. The molecule has 1 N–H and O–H groups in total. The van der Waals surface area contributed by atoms with Crippen molar-refractivity contribution in [3.8, 4) is 17.2 Å². The SMILES string of the molecule is Cc1cccc(OCC(=O)N/N=C\c2cc(Cl)c3c(c2)OCCCO3)c1. The molecule has 2 aromatic carbocycles. The van der Waals surface area contributed by atoms with E-state index in [2.05, 4.69) is 10.5 Å². The summed E-state index contributed by atoms with van der Waals surface area (Å²) >= 11 is 6.22. The summed E-state index contributed by atoms with van der Waals surface area (Å²) < 4.78 is 16.6. The lowest BCUT2D eigenvalue weighted by molar-refractivity contribution is -0.123. The summed E-state index contributed by atoms with van der Waals surface area (Å²) in [6.07, 6.45) is 2.29. The van der Waals surface area contributed by atoms with E-state index in [9.17, 15) is 4.79 Å². The van der Waals surface area contributed by atoms with Crippen LogP contribution in [0, 0.1) is 6.92 Å². The fraction of sp³-hybridized carbons (Fsp3) is 0.263.